The van der Waals surface area contributed by atoms with Gasteiger partial charge in [-0.25, -0.2) is 0 Å². The zero-order chi connectivity index (χ0) is 13.1. The van der Waals surface area contributed by atoms with Crippen LogP contribution in [0.3, 0.4) is 0 Å². The lowest BCUT2D eigenvalue weighted by molar-refractivity contribution is 1.07. The Morgan fingerprint density at radius 1 is 1.22 bits per heavy atom. The maximum atomic E-state index is 5.92. The first-order chi connectivity index (χ1) is 8.56. The second-order valence-electron chi connectivity index (χ2n) is 4.17. The summed E-state index contributed by atoms with van der Waals surface area (Å²) in [6, 6.07) is 9.87. The van der Waals surface area contributed by atoms with E-state index in [1.165, 1.54) is 5.56 Å². The SMILES string of the molecule is Cc1ccc(NCc2ccc(Cl)cc2Br)c(C)n1. The van der Waals surface area contributed by atoms with Crippen molar-refractivity contribution in [3.05, 3.63) is 56.8 Å². The maximum absolute atomic E-state index is 5.92. The highest BCUT2D eigenvalue weighted by Gasteiger charge is 2.03. The summed E-state index contributed by atoms with van der Waals surface area (Å²) in [6.45, 7) is 4.74. The number of rotatable bonds is 3. The number of benzene rings is 1. The van der Waals surface area contributed by atoms with Crippen LogP contribution in [-0.2, 0) is 6.54 Å². The molecule has 2 rings (SSSR count). The van der Waals surface area contributed by atoms with Crippen LogP contribution in [0.25, 0.3) is 0 Å². The third kappa shape index (κ3) is 3.24. The molecule has 0 atom stereocenters. The summed E-state index contributed by atoms with van der Waals surface area (Å²) in [7, 11) is 0. The number of aromatic nitrogens is 1. The second kappa shape index (κ2) is 5.72. The first-order valence-electron chi connectivity index (χ1n) is 5.68. The monoisotopic (exact) mass is 324 g/mol. The summed E-state index contributed by atoms with van der Waals surface area (Å²) in [5.74, 6) is 0. The van der Waals surface area contributed by atoms with Gasteiger partial charge in [-0.2, -0.15) is 0 Å². The molecule has 1 N–H and O–H groups in total. The molecule has 0 aliphatic carbocycles. The van der Waals surface area contributed by atoms with E-state index in [1.807, 2.05) is 38.1 Å². The van der Waals surface area contributed by atoms with Crippen molar-refractivity contribution in [3.8, 4) is 0 Å². The van der Waals surface area contributed by atoms with Gasteiger partial charge in [-0.15, -0.1) is 0 Å². The van der Waals surface area contributed by atoms with Gasteiger partial charge in [0.05, 0.1) is 11.4 Å². The molecule has 94 valence electrons. The number of nitrogens with one attached hydrogen (secondary N) is 1. The van der Waals surface area contributed by atoms with Crippen molar-refractivity contribution in [2.24, 2.45) is 0 Å². The van der Waals surface area contributed by atoms with Crippen LogP contribution in [0.15, 0.2) is 34.8 Å². The van der Waals surface area contributed by atoms with Crippen LogP contribution < -0.4 is 5.32 Å². The summed E-state index contributed by atoms with van der Waals surface area (Å²) in [6.07, 6.45) is 0. The van der Waals surface area contributed by atoms with E-state index < -0.39 is 0 Å². The summed E-state index contributed by atoms with van der Waals surface area (Å²) in [4.78, 5) is 4.43. The van der Waals surface area contributed by atoms with Gasteiger partial charge in [-0.05, 0) is 43.7 Å². The summed E-state index contributed by atoms with van der Waals surface area (Å²) in [5, 5.41) is 4.12. The molecule has 0 aliphatic rings. The minimum atomic E-state index is 0.735. The Kier molecular flexibility index (Phi) is 4.25. The van der Waals surface area contributed by atoms with Crippen molar-refractivity contribution in [2.45, 2.75) is 20.4 Å². The predicted molar refractivity (Wildman–Crippen MR) is 80.2 cm³/mol. The topological polar surface area (TPSA) is 24.9 Å². The molecule has 4 heteroatoms. The van der Waals surface area contributed by atoms with E-state index in [4.69, 9.17) is 11.6 Å². The first-order valence-corrected chi connectivity index (χ1v) is 6.85. The molecule has 2 nitrogen and oxygen atoms in total. The fourth-order valence-corrected chi connectivity index (χ4v) is 2.55. The number of hydrogen-bond acceptors (Lipinski definition) is 2. The molecule has 1 heterocycles. The molecule has 0 fully saturated rings. The Morgan fingerprint density at radius 2 is 2.00 bits per heavy atom. The summed E-state index contributed by atoms with van der Waals surface area (Å²) >= 11 is 9.43. The van der Waals surface area contributed by atoms with E-state index >= 15 is 0 Å². The van der Waals surface area contributed by atoms with Crippen LogP contribution >= 0.6 is 27.5 Å². The minimum Gasteiger partial charge on any atom is -0.379 e. The molecule has 0 saturated carbocycles. The Hall–Kier alpha value is -1.06. The molecular weight excluding hydrogens is 312 g/mol. The number of aryl methyl sites for hydroxylation is 2. The van der Waals surface area contributed by atoms with Gasteiger partial charge in [0, 0.05) is 21.7 Å². The first kappa shape index (κ1) is 13.4. The van der Waals surface area contributed by atoms with Gasteiger partial charge in [-0.1, -0.05) is 33.6 Å². The molecule has 0 aliphatic heterocycles. The molecular formula is C14H14BrClN2. The lowest BCUT2D eigenvalue weighted by Gasteiger charge is -2.11. The molecule has 0 bridgehead atoms. The van der Waals surface area contributed by atoms with Gasteiger partial charge in [-0.3, -0.25) is 4.98 Å². The molecule has 0 saturated heterocycles. The molecule has 0 spiro atoms. The van der Waals surface area contributed by atoms with Crippen molar-refractivity contribution < 1.29 is 0 Å². The van der Waals surface area contributed by atoms with Crippen molar-refractivity contribution in [1.82, 2.24) is 4.98 Å². The average molecular weight is 326 g/mol. The zero-order valence-electron chi connectivity index (χ0n) is 10.3. The van der Waals surface area contributed by atoms with Gasteiger partial charge < -0.3 is 5.32 Å². The fraction of sp³-hybridized carbons (Fsp3) is 0.214. The third-order valence-corrected chi connectivity index (χ3v) is 3.68. The van der Waals surface area contributed by atoms with Gasteiger partial charge in [0.15, 0.2) is 0 Å². The standard InChI is InChI=1S/C14H14BrClN2/c1-9-3-6-14(10(2)18-9)17-8-11-4-5-12(16)7-13(11)15/h3-7,17H,8H2,1-2H3. The number of anilines is 1. The highest BCUT2D eigenvalue weighted by atomic mass is 79.9. The largest absolute Gasteiger partial charge is 0.379 e. The number of hydrogen-bond donors (Lipinski definition) is 1. The minimum absolute atomic E-state index is 0.735. The lowest BCUT2D eigenvalue weighted by atomic mass is 10.2. The van der Waals surface area contributed by atoms with Crippen molar-refractivity contribution in [2.75, 3.05) is 5.32 Å². The van der Waals surface area contributed by atoms with E-state index in [-0.39, 0.29) is 0 Å². The molecule has 1 aromatic carbocycles. The van der Waals surface area contributed by atoms with E-state index in [9.17, 15) is 0 Å². The quantitative estimate of drug-likeness (QED) is 0.882. The molecule has 0 unspecified atom stereocenters. The number of halogens is 2. The lowest BCUT2D eigenvalue weighted by Crippen LogP contribution is -2.03. The second-order valence-corrected chi connectivity index (χ2v) is 5.47. The Morgan fingerprint density at radius 3 is 2.67 bits per heavy atom. The highest BCUT2D eigenvalue weighted by molar-refractivity contribution is 9.10. The summed E-state index contributed by atoms with van der Waals surface area (Å²) < 4.78 is 1.01. The van der Waals surface area contributed by atoms with Crippen LogP contribution in [0.4, 0.5) is 5.69 Å². The number of nitrogens with zero attached hydrogens (tertiary/aromatic N) is 1. The van der Waals surface area contributed by atoms with Gasteiger partial charge in [0.2, 0.25) is 0 Å². The smallest absolute Gasteiger partial charge is 0.0606 e. The predicted octanol–water partition coefficient (Wildman–Crippen LogP) is 4.73. The van der Waals surface area contributed by atoms with Crippen LogP contribution in [-0.4, -0.2) is 4.98 Å². The van der Waals surface area contributed by atoms with Crippen molar-refractivity contribution in [3.63, 3.8) is 0 Å². The Balaban J connectivity index is 2.11. The molecule has 2 aromatic rings. The van der Waals surface area contributed by atoms with Crippen LogP contribution in [0.2, 0.25) is 5.02 Å². The van der Waals surface area contributed by atoms with Gasteiger partial charge in [0.25, 0.3) is 0 Å². The molecule has 1 aromatic heterocycles. The van der Waals surface area contributed by atoms with Crippen LogP contribution in [0.1, 0.15) is 17.0 Å². The zero-order valence-corrected chi connectivity index (χ0v) is 12.6. The average Bonchev–Trinajstić information content (AvgIpc) is 2.30. The van der Waals surface area contributed by atoms with E-state index in [1.54, 1.807) is 0 Å². The van der Waals surface area contributed by atoms with E-state index in [0.29, 0.717) is 0 Å². The molecule has 0 radical (unpaired) electrons. The van der Waals surface area contributed by atoms with Crippen LogP contribution in [0.5, 0.6) is 0 Å². The Labute approximate surface area is 121 Å². The molecule has 18 heavy (non-hydrogen) atoms. The van der Waals surface area contributed by atoms with E-state index in [2.05, 4.69) is 32.3 Å². The number of pyridine rings is 1. The van der Waals surface area contributed by atoms with Gasteiger partial charge in [0.1, 0.15) is 0 Å². The third-order valence-electron chi connectivity index (χ3n) is 2.71. The van der Waals surface area contributed by atoms with Crippen LogP contribution in [0, 0.1) is 13.8 Å². The van der Waals surface area contributed by atoms with Crippen molar-refractivity contribution >= 4 is 33.2 Å². The van der Waals surface area contributed by atoms with Gasteiger partial charge >= 0.3 is 0 Å². The summed E-state index contributed by atoms with van der Waals surface area (Å²) in [5.41, 5.74) is 4.27. The van der Waals surface area contributed by atoms with Crippen molar-refractivity contribution in [1.29, 1.82) is 0 Å². The van der Waals surface area contributed by atoms with E-state index in [0.717, 1.165) is 33.1 Å². The Bertz CT molecular complexity index is 518. The highest BCUT2D eigenvalue weighted by Crippen LogP contribution is 2.23. The fourth-order valence-electron chi connectivity index (χ4n) is 1.73. The maximum Gasteiger partial charge on any atom is 0.0606 e. The molecule has 0 amide bonds. The normalized spacial score (nSPS) is 10.4.